The van der Waals surface area contributed by atoms with Gasteiger partial charge in [0.2, 0.25) is 15.9 Å². The number of ether oxygens (including phenoxy) is 1. The van der Waals surface area contributed by atoms with Crippen LogP contribution in [0.2, 0.25) is 0 Å². The lowest BCUT2D eigenvalue weighted by atomic mass is 10.0. The van der Waals surface area contributed by atoms with Crippen LogP contribution >= 0.6 is 0 Å². The first-order chi connectivity index (χ1) is 13.7. The van der Waals surface area contributed by atoms with E-state index in [9.17, 15) is 13.2 Å². The fraction of sp³-hybridized carbons (Fsp3) is 0.842. The quantitative estimate of drug-likeness (QED) is 0.765. The summed E-state index contributed by atoms with van der Waals surface area (Å²) >= 11 is 0. The molecule has 2 aliphatic rings. The van der Waals surface area contributed by atoms with Crippen LogP contribution < -0.4 is 5.32 Å². The van der Waals surface area contributed by atoms with Crippen molar-refractivity contribution in [3.05, 3.63) is 11.7 Å². The number of aromatic nitrogens is 2. The first kappa shape index (κ1) is 22.0. The number of piperidine rings is 1. The Morgan fingerprint density at radius 1 is 1.17 bits per heavy atom. The molecule has 29 heavy (non-hydrogen) atoms. The van der Waals surface area contributed by atoms with Gasteiger partial charge < -0.3 is 14.6 Å². The molecule has 1 saturated carbocycles. The van der Waals surface area contributed by atoms with Gasteiger partial charge in [0.05, 0.1) is 11.8 Å². The maximum atomic E-state index is 13.2. The van der Waals surface area contributed by atoms with Crippen molar-refractivity contribution in [2.24, 2.45) is 0 Å². The third-order valence-electron chi connectivity index (χ3n) is 5.31. The Morgan fingerprint density at radius 3 is 2.55 bits per heavy atom. The first-order valence-electron chi connectivity index (χ1n) is 10.5. The molecule has 2 fully saturated rings. The number of alkyl carbamates (subject to hydrolysis) is 1. The predicted octanol–water partition coefficient (Wildman–Crippen LogP) is 3.28. The molecule has 9 nitrogen and oxygen atoms in total. The lowest BCUT2D eigenvalue weighted by molar-refractivity contribution is 0.0522. The molecule has 1 aromatic heterocycles. The van der Waals surface area contributed by atoms with Crippen molar-refractivity contribution in [2.75, 3.05) is 6.54 Å². The number of hydrogen-bond donors (Lipinski definition) is 1. The van der Waals surface area contributed by atoms with E-state index in [4.69, 9.17) is 9.26 Å². The fourth-order valence-corrected chi connectivity index (χ4v) is 6.20. The average Bonchev–Trinajstić information content (AvgIpc) is 3.15. The van der Waals surface area contributed by atoms with Crippen molar-refractivity contribution in [3.8, 4) is 0 Å². The van der Waals surface area contributed by atoms with Gasteiger partial charge in [-0.3, -0.25) is 0 Å². The molecular formula is C19H32N4O5S. The Hall–Kier alpha value is -1.68. The van der Waals surface area contributed by atoms with E-state index in [2.05, 4.69) is 15.5 Å². The van der Waals surface area contributed by atoms with Crippen molar-refractivity contribution in [3.63, 3.8) is 0 Å². The molecule has 1 unspecified atom stereocenters. The summed E-state index contributed by atoms with van der Waals surface area (Å²) in [6.07, 6.45) is 6.32. The Balaban J connectivity index is 1.67. The largest absolute Gasteiger partial charge is 0.444 e. The van der Waals surface area contributed by atoms with Gasteiger partial charge in [0.1, 0.15) is 11.6 Å². The molecule has 0 radical (unpaired) electrons. The van der Waals surface area contributed by atoms with Gasteiger partial charge in [-0.05, 0) is 46.5 Å². The summed E-state index contributed by atoms with van der Waals surface area (Å²) in [5.74, 6) is 0.594. The smallest absolute Gasteiger partial charge is 0.408 e. The normalized spacial score (nSPS) is 22.4. The highest BCUT2D eigenvalue weighted by molar-refractivity contribution is 7.89. The van der Waals surface area contributed by atoms with Crippen LogP contribution in [0, 0.1) is 0 Å². The van der Waals surface area contributed by atoms with Gasteiger partial charge in [-0.25, -0.2) is 13.2 Å². The van der Waals surface area contributed by atoms with Gasteiger partial charge in [0.25, 0.3) is 0 Å². The van der Waals surface area contributed by atoms with E-state index in [1.54, 1.807) is 25.1 Å². The van der Waals surface area contributed by atoms with Crippen molar-refractivity contribution in [1.82, 2.24) is 19.8 Å². The Bertz CT molecular complexity index is 796. The van der Waals surface area contributed by atoms with E-state index in [1.165, 1.54) is 0 Å². The monoisotopic (exact) mass is 428 g/mol. The Morgan fingerprint density at radius 2 is 1.86 bits per heavy atom. The number of rotatable bonds is 5. The van der Waals surface area contributed by atoms with Crippen LogP contribution in [-0.4, -0.2) is 46.4 Å². The molecule has 1 amide bonds. The van der Waals surface area contributed by atoms with Crippen LogP contribution in [0.1, 0.15) is 89.9 Å². The third kappa shape index (κ3) is 5.69. The Kier molecular flexibility index (Phi) is 6.83. The van der Waals surface area contributed by atoms with Crippen molar-refractivity contribution in [1.29, 1.82) is 0 Å². The molecule has 1 aliphatic carbocycles. The highest BCUT2D eigenvalue weighted by Crippen LogP contribution is 2.36. The second kappa shape index (κ2) is 8.99. The Labute approximate surface area is 172 Å². The molecule has 0 bridgehead atoms. The number of nitrogens with one attached hydrogen (secondary N) is 1. The lowest BCUT2D eigenvalue weighted by Crippen LogP contribution is -2.44. The number of carbonyl (C=O) groups is 1. The maximum absolute atomic E-state index is 13.2. The highest BCUT2D eigenvalue weighted by Gasteiger charge is 2.41. The summed E-state index contributed by atoms with van der Waals surface area (Å²) in [5.41, 5.74) is -0.595. The molecule has 1 aliphatic heterocycles. The number of nitrogens with zero attached hydrogens (tertiary/aromatic N) is 3. The zero-order valence-electron chi connectivity index (χ0n) is 17.5. The molecule has 10 heteroatoms. The molecule has 1 atom stereocenters. The standard InChI is InChI=1S/C19H32N4O5S/c1-19(2,3)27-18(24)20-13-16-21-17(28-22-16)15-11-7-8-12-23(15)29(25,26)14-9-5-4-6-10-14/h14-15H,4-13H2,1-3H3,(H,20,24). The molecule has 2 heterocycles. The van der Waals surface area contributed by atoms with Crippen LogP contribution in [0.5, 0.6) is 0 Å². The molecule has 0 spiro atoms. The number of sulfonamides is 1. The van der Waals surface area contributed by atoms with Crippen molar-refractivity contribution in [2.45, 2.75) is 95.6 Å². The molecule has 1 saturated heterocycles. The predicted molar refractivity (Wildman–Crippen MR) is 106 cm³/mol. The molecule has 3 rings (SSSR count). The summed E-state index contributed by atoms with van der Waals surface area (Å²) in [4.78, 5) is 16.1. The SMILES string of the molecule is CC(C)(C)OC(=O)NCc1noc(C2CCCCN2S(=O)(=O)C2CCCCC2)n1. The molecular weight excluding hydrogens is 396 g/mol. The average molecular weight is 429 g/mol. The maximum Gasteiger partial charge on any atom is 0.408 e. The topological polar surface area (TPSA) is 115 Å². The zero-order valence-corrected chi connectivity index (χ0v) is 18.3. The highest BCUT2D eigenvalue weighted by atomic mass is 32.2. The molecule has 0 aromatic carbocycles. The van der Waals surface area contributed by atoms with E-state index in [0.29, 0.717) is 24.7 Å². The van der Waals surface area contributed by atoms with Crippen molar-refractivity contribution < 1.29 is 22.5 Å². The van der Waals surface area contributed by atoms with Gasteiger partial charge in [-0.15, -0.1) is 0 Å². The summed E-state index contributed by atoms with van der Waals surface area (Å²) in [6, 6.07) is -0.432. The molecule has 164 valence electrons. The molecule has 1 aromatic rings. The number of amides is 1. The van der Waals surface area contributed by atoms with E-state index >= 15 is 0 Å². The summed E-state index contributed by atoms with van der Waals surface area (Å²) in [5, 5.41) is 6.19. The van der Waals surface area contributed by atoms with Crippen LogP contribution in [0.4, 0.5) is 4.79 Å². The van der Waals surface area contributed by atoms with Crippen LogP contribution in [0.15, 0.2) is 4.52 Å². The van der Waals surface area contributed by atoms with Crippen LogP contribution in [0.3, 0.4) is 0 Å². The fourth-order valence-electron chi connectivity index (χ4n) is 3.95. The molecule has 1 N–H and O–H groups in total. The van der Waals surface area contributed by atoms with E-state index in [1.807, 2.05) is 0 Å². The second-order valence-corrected chi connectivity index (χ2v) is 11.0. The number of carbonyl (C=O) groups excluding carboxylic acids is 1. The van der Waals surface area contributed by atoms with E-state index < -0.39 is 27.8 Å². The van der Waals surface area contributed by atoms with Crippen LogP contribution in [0.25, 0.3) is 0 Å². The van der Waals surface area contributed by atoms with Gasteiger partial charge in [0, 0.05) is 6.54 Å². The lowest BCUT2D eigenvalue weighted by Gasteiger charge is -2.36. The van der Waals surface area contributed by atoms with Gasteiger partial charge >= 0.3 is 6.09 Å². The summed E-state index contributed by atoms with van der Waals surface area (Å²) in [6.45, 7) is 5.88. The zero-order chi connectivity index (χ0) is 21.1. The third-order valence-corrected chi connectivity index (χ3v) is 7.72. The van der Waals surface area contributed by atoms with Gasteiger partial charge in [-0.2, -0.15) is 9.29 Å². The van der Waals surface area contributed by atoms with E-state index in [-0.39, 0.29) is 11.8 Å². The minimum absolute atomic E-state index is 0.0561. The summed E-state index contributed by atoms with van der Waals surface area (Å²) < 4.78 is 38.6. The van der Waals surface area contributed by atoms with Gasteiger partial charge in [0.15, 0.2) is 5.82 Å². The van der Waals surface area contributed by atoms with E-state index in [0.717, 1.165) is 44.9 Å². The minimum Gasteiger partial charge on any atom is -0.444 e. The number of hydrogen-bond acceptors (Lipinski definition) is 7. The van der Waals surface area contributed by atoms with Crippen molar-refractivity contribution >= 4 is 16.1 Å². The first-order valence-corrected chi connectivity index (χ1v) is 12.0. The summed E-state index contributed by atoms with van der Waals surface area (Å²) in [7, 11) is -3.40. The minimum atomic E-state index is -3.40. The van der Waals surface area contributed by atoms with Crippen LogP contribution in [-0.2, 0) is 21.3 Å². The second-order valence-electron chi connectivity index (χ2n) is 8.83. The van der Waals surface area contributed by atoms with Gasteiger partial charge in [-0.1, -0.05) is 30.8 Å².